The standard InChI is InChI=1S/C16H17FN2O2/c1-19(12-13-6-9-18-10-7-13)16(20)8-11-21-15-5-3-2-4-14(15)17/h2-7,9-10H,8,11-12H2,1H3. The Hall–Kier alpha value is -2.43. The highest BCUT2D eigenvalue weighted by molar-refractivity contribution is 5.76. The Balaban J connectivity index is 1.78. The lowest BCUT2D eigenvalue weighted by Gasteiger charge is -2.17. The van der Waals surface area contributed by atoms with Gasteiger partial charge < -0.3 is 9.64 Å². The molecule has 1 heterocycles. The smallest absolute Gasteiger partial charge is 0.226 e. The summed E-state index contributed by atoms with van der Waals surface area (Å²) < 4.78 is 18.6. The van der Waals surface area contributed by atoms with Crippen molar-refractivity contribution in [1.82, 2.24) is 9.88 Å². The molecule has 0 aliphatic heterocycles. The molecule has 1 aromatic carbocycles. The van der Waals surface area contributed by atoms with Crippen LogP contribution in [0, 0.1) is 5.82 Å². The van der Waals surface area contributed by atoms with E-state index < -0.39 is 5.82 Å². The summed E-state index contributed by atoms with van der Waals surface area (Å²) in [6.07, 6.45) is 3.58. The highest BCUT2D eigenvalue weighted by atomic mass is 19.1. The van der Waals surface area contributed by atoms with Crippen LogP contribution in [-0.2, 0) is 11.3 Å². The number of aromatic nitrogens is 1. The highest BCUT2D eigenvalue weighted by Crippen LogP contribution is 2.15. The molecule has 110 valence electrons. The molecule has 1 aromatic heterocycles. The van der Waals surface area contributed by atoms with Crippen molar-refractivity contribution in [2.75, 3.05) is 13.7 Å². The van der Waals surface area contributed by atoms with E-state index in [1.54, 1.807) is 42.5 Å². The Bertz CT molecular complexity index is 590. The van der Waals surface area contributed by atoms with Crippen LogP contribution in [0.25, 0.3) is 0 Å². The molecular formula is C16H17FN2O2. The Morgan fingerprint density at radius 3 is 2.67 bits per heavy atom. The van der Waals surface area contributed by atoms with Gasteiger partial charge in [0.05, 0.1) is 13.0 Å². The van der Waals surface area contributed by atoms with Crippen molar-refractivity contribution in [2.24, 2.45) is 0 Å². The number of nitrogens with zero attached hydrogens (tertiary/aromatic N) is 2. The van der Waals surface area contributed by atoms with Crippen LogP contribution in [0.2, 0.25) is 0 Å². The molecule has 0 unspecified atom stereocenters. The summed E-state index contributed by atoms with van der Waals surface area (Å²) in [5.74, 6) is -0.305. The first-order chi connectivity index (χ1) is 10.2. The van der Waals surface area contributed by atoms with E-state index in [0.717, 1.165) is 5.56 Å². The molecule has 0 aliphatic rings. The fourth-order valence-corrected chi connectivity index (χ4v) is 1.85. The molecule has 0 atom stereocenters. The molecule has 0 radical (unpaired) electrons. The van der Waals surface area contributed by atoms with Crippen molar-refractivity contribution < 1.29 is 13.9 Å². The summed E-state index contributed by atoms with van der Waals surface area (Å²) in [7, 11) is 1.73. The monoisotopic (exact) mass is 288 g/mol. The van der Waals surface area contributed by atoms with E-state index in [1.807, 2.05) is 12.1 Å². The number of hydrogen-bond donors (Lipinski definition) is 0. The van der Waals surface area contributed by atoms with E-state index in [0.29, 0.717) is 6.54 Å². The lowest BCUT2D eigenvalue weighted by atomic mass is 10.2. The third-order valence-electron chi connectivity index (χ3n) is 3.00. The average molecular weight is 288 g/mol. The maximum atomic E-state index is 13.3. The Morgan fingerprint density at radius 1 is 1.24 bits per heavy atom. The molecule has 1 amide bonds. The zero-order valence-corrected chi connectivity index (χ0v) is 11.8. The van der Waals surface area contributed by atoms with Crippen LogP contribution >= 0.6 is 0 Å². The number of hydrogen-bond acceptors (Lipinski definition) is 3. The van der Waals surface area contributed by atoms with Crippen molar-refractivity contribution in [3.63, 3.8) is 0 Å². The van der Waals surface area contributed by atoms with Crippen LogP contribution in [0.5, 0.6) is 5.75 Å². The maximum Gasteiger partial charge on any atom is 0.226 e. The maximum absolute atomic E-state index is 13.3. The number of carbonyl (C=O) groups is 1. The topological polar surface area (TPSA) is 42.4 Å². The lowest BCUT2D eigenvalue weighted by molar-refractivity contribution is -0.130. The Labute approximate surface area is 123 Å². The van der Waals surface area contributed by atoms with Gasteiger partial charge in [-0.2, -0.15) is 0 Å². The van der Waals surface area contributed by atoms with Crippen LogP contribution in [0.3, 0.4) is 0 Å². The van der Waals surface area contributed by atoms with Gasteiger partial charge in [-0.25, -0.2) is 4.39 Å². The molecular weight excluding hydrogens is 271 g/mol. The molecule has 0 bridgehead atoms. The SMILES string of the molecule is CN(Cc1ccncc1)C(=O)CCOc1ccccc1F. The van der Waals surface area contributed by atoms with Gasteiger partial charge in [0.15, 0.2) is 11.6 Å². The minimum Gasteiger partial charge on any atom is -0.490 e. The van der Waals surface area contributed by atoms with Gasteiger partial charge in [-0.15, -0.1) is 0 Å². The second-order valence-corrected chi connectivity index (χ2v) is 4.63. The number of carbonyl (C=O) groups excluding carboxylic acids is 1. The normalized spacial score (nSPS) is 10.2. The van der Waals surface area contributed by atoms with E-state index in [2.05, 4.69) is 4.98 Å². The van der Waals surface area contributed by atoms with E-state index >= 15 is 0 Å². The Morgan fingerprint density at radius 2 is 1.95 bits per heavy atom. The van der Waals surface area contributed by atoms with Crippen LogP contribution in [0.1, 0.15) is 12.0 Å². The summed E-state index contributed by atoms with van der Waals surface area (Å²) in [5, 5.41) is 0. The molecule has 0 spiro atoms. The fourth-order valence-electron chi connectivity index (χ4n) is 1.85. The van der Waals surface area contributed by atoms with Gasteiger partial charge in [-0.3, -0.25) is 9.78 Å². The number of amides is 1. The minimum absolute atomic E-state index is 0.0526. The summed E-state index contributed by atoms with van der Waals surface area (Å²) in [6.45, 7) is 0.668. The number of benzene rings is 1. The molecule has 0 N–H and O–H groups in total. The molecule has 4 nitrogen and oxygen atoms in total. The van der Waals surface area contributed by atoms with E-state index in [9.17, 15) is 9.18 Å². The van der Waals surface area contributed by atoms with Crippen LogP contribution in [-0.4, -0.2) is 29.4 Å². The number of ether oxygens (including phenoxy) is 1. The van der Waals surface area contributed by atoms with E-state index in [1.165, 1.54) is 6.07 Å². The highest BCUT2D eigenvalue weighted by Gasteiger charge is 2.10. The second-order valence-electron chi connectivity index (χ2n) is 4.63. The minimum atomic E-state index is -0.421. The number of pyridine rings is 1. The van der Waals surface area contributed by atoms with Gasteiger partial charge in [-0.05, 0) is 29.8 Å². The van der Waals surface area contributed by atoms with Gasteiger partial charge in [0.25, 0.3) is 0 Å². The van der Waals surface area contributed by atoms with Crippen molar-refractivity contribution in [1.29, 1.82) is 0 Å². The molecule has 2 rings (SSSR count). The largest absolute Gasteiger partial charge is 0.490 e. The second kappa shape index (κ2) is 7.38. The summed E-state index contributed by atoms with van der Waals surface area (Å²) >= 11 is 0. The van der Waals surface area contributed by atoms with E-state index in [-0.39, 0.29) is 24.7 Å². The molecule has 5 heteroatoms. The van der Waals surface area contributed by atoms with Crippen molar-refractivity contribution in [3.8, 4) is 5.75 Å². The van der Waals surface area contributed by atoms with E-state index in [4.69, 9.17) is 4.74 Å². The summed E-state index contributed by atoms with van der Waals surface area (Å²) in [6, 6.07) is 9.87. The van der Waals surface area contributed by atoms with Crippen LogP contribution in [0.15, 0.2) is 48.8 Å². The lowest BCUT2D eigenvalue weighted by Crippen LogP contribution is -2.27. The first-order valence-corrected chi connectivity index (χ1v) is 6.67. The quantitative estimate of drug-likeness (QED) is 0.820. The van der Waals surface area contributed by atoms with Gasteiger partial charge in [0.1, 0.15) is 0 Å². The van der Waals surface area contributed by atoms with Gasteiger partial charge >= 0.3 is 0 Å². The number of para-hydroxylation sites is 1. The van der Waals surface area contributed by atoms with Gasteiger partial charge in [-0.1, -0.05) is 12.1 Å². The molecule has 2 aromatic rings. The van der Waals surface area contributed by atoms with Crippen molar-refractivity contribution in [3.05, 3.63) is 60.2 Å². The zero-order chi connectivity index (χ0) is 15.1. The number of rotatable bonds is 6. The zero-order valence-electron chi connectivity index (χ0n) is 11.8. The van der Waals surface area contributed by atoms with Crippen molar-refractivity contribution >= 4 is 5.91 Å². The molecule has 0 saturated carbocycles. The summed E-state index contributed by atoms with van der Waals surface area (Å²) in [4.78, 5) is 17.5. The predicted molar refractivity (Wildman–Crippen MR) is 77.2 cm³/mol. The predicted octanol–water partition coefficient (Wildman–Crippen LogP) is 2.65. The van der Waals surface area contributed by atoms with Gasteiger partial charge in [0.2, 0.25) is 5.91 Å². The fraction of sp³-hybridized carbons (Fsp3) is 0.250. The van der Waals surface area contributed by atoms with Crippen LogP contribution in [0.4, 0.5) is 4.39 Å². The molecule has 0 saturated heterocycles. The third-order valence-corrected chi connectivity index (χ3v) is 3.00. The first-order valence-electron chi connectivity index (χ1n) is 6.67. The Kier molecular flexibility index (Phi) is 5.26. The number of halogens is 1. The van der Waals surface area contributed by atoms with Crippen LogP contribution < -0.4 is 4.74 Å². The average Bonchev–Trinajstić information content (AvgIpc) is 2.50. The van der Waals surface area contributed by atoms with Crippen molar-refractivity contribution in [2.45, 2.75) is 13.0 Å². The third kappa shape index (κ3) is 4.56. The van der Waals surface area contributed by atoms with Gasteiger partial charge in [0, 0.05) is 26.0 Å². The molecule has 0 aliphatic carbocycles. The molecule has 0 fully saturated rings. The summed E-state index contributed by atoms with van der Waals surface area (Å²) in [5.41, 5.74) is 1.01. The first kappa shape index (κ1) is 15.0. The molecule has 21 heavy (non-hydrogen) atoms.